The van der Waals surface area contributed by atoms with Gasteiger partial charge in [0.2, 0.25) is 0 Å². The van der Waals surface area contributed by atoms with Gasteiger partial charge in [0.25, 0.3) is 0 Å². The van der Waals surface area contributed by atoms with E-state index in [-0.39, 0.29) is 0 Å². The van der Waals surface area contributed by atoms with Crippen LogP contribution in [-0.4, -0.2) is 25.1 Å². The van der Waals surface area contributed by atoms with Crippen molar-refractivity contribution in [2.24, 2.45) is 5.41 Å². The summed E-state index contributed by atoms with van der Waals surface area (Å²) in [6, 6.07) is 9.93. The van der Waals surface area contributed by atoms with Crippen molar-refractivity contribution in [1.82, 2.24) is 0 Å². The van der Waals surface area contributed by atoms with Gasteiger partial charge in [-0.1, -0.05) is 56.7 Å². The molecule has 1 aliphatic heterocycles. The first-order chi connectivity index (χ1) is 10.1. The van der Waals surface area contributed by atoms with Crippen LogP contribution in [0.1, 0.15) is 19.4 Å². The lowest BCUT2D eigenvalue weighted by Crippen LogP contribution is -2.51. The number of benzene rings is 1. The molecule has 0 aromatic heterocycles. The molecule has 1 atom stereocenters. The van der Waals surface area contributed by atoms with Crippen LogP contribution in [0.4, 0.5) is 0 Å². The van der Waals surface area contributed by atoms with Gasteiger partial charge >= 0.3 is 0 Å². The number of ether oxygens (including phenoxy) is 3. The maximum Gasteiger partial charge on any atom is 0.196 e. The molecule has 1 heterocycles. The molecule has 1 aliphatic rings. The number of rotatable bonds is 6. The highest BCUT2D eigenvalue weighted by atomic mass is 16.7. The minimum absolute atomic E-state index is 0.450. The van der Waals surface area contributed by atoms with Gasteiger partial charge in [-0.15, -0.1) is 6.42 Å². The van der Waals surface area contributed by atoms with E-state index in [0.717, 1.165) is 5.56 Å². The standard InChI is InChI=1S/C18H22O3/c1-5-16(19-14-15-10-8-7-9-11-15)17(3,4)18(6-2)20-12-13-21-18/h1,6-11,16H,2,12-14H2,3-4H3/t16-/m0/s1. The zero-order valence-electron chi connectivity index (χ0n) is 12.7. The Kier molecular flexibility index (Phi) is 4.84. The van der Waals surface area contributed by atoms with E-state index in [1.807, 2.05) is 44.2 Å². The molecule has 112 valence electrons. The fraction of sp³-hybridized carbons (Fsp3) is 0.444. The van der Waals surface area contributed by atoms with Gasteiger partial charge in [-0.25, -0.2) is 0 Å². The fourth-order valence-electron chi connectivity index (χ4n) is 2.58. The summed E-state index contributed by atoms with van der Waals surface area (Å²) in [6.45, 7) is 9.32. The highest BCUT2D eigenvalue weighted by molar-refractivity contribution is 5.16. The monoisotopic (exact) mass is 286 g/mol. The molecular formula is C18H22O3. The highest BCUT2D eigenvalue weighted by Crippen LogP contribution is 2.43. The Morgan fingerprint density at radius 3 is 2.52 bits per heavy atom. The van der Waals surface area contributed by atoms with Gasteiger partial charge in [-0.3, -0.25) is 0 Å². The maximum atomic E-state index is 5.94. The molecule has 0 bridgehead atoms. The normalized spacial score (nSPS) is 18.9. The second-order valence-electron chi connectivity index (χ2n) is 5.63. The smallest absolute Gasteiger partial charge is 0.196 e. The Labute approximate surface area is 126 Å². The van der Waals surface area contributed by atoms with Crippen LogP contribution in [0.5, 0.6) is 0 Å². The van der Waals surface area contributed by atoms with Gasteiger partial charge < -0.3 is 14.2 Å². The van der Waals surface area contributed by atoms with Crippen LogP contribution in [0.15, 0.2) is 43.0 Å². The first-order valence-electron chi connectivity index (χ1n) is 7.09. The molecule has 0 amide bonds. The van der Waals surface area contributed by atoms with Gasteiger partial charge in [-0.2, -0.15) is 0 Å². The Balaban J connectivity index is 2.12. The molecule has 3 heteroatoms. The molecule has 0 N–H and O–H groups in total. The Hall–Kier alpha value is -1.60. The van der Waals surface area contributed by atoms with E-state index in [9.17, 15) is 0 Å². The quantitative estimate of drug-likeness (QED) is 0.594. The lowest BCUT2D eigenvalue weighted by molar-refractivity contribution is -0.220. The second-order valence-corrected chi connectivity index (χ2v) is 5.63. The summed E-state index contributed by atoms with van der Waals surface area (Å²) in [6.07, 6.45) is 6.91. The van der Waals surface area contributed by atoms with Gasteiger partial charge in [0.15, 0.2) is 5.79 Å². The molecule has 1 aromatic carbocycles. The summed E-state index contributed by atoms with van der Waals surface area (Å²) in [4.78, 5) is 0. The van der Waals surface area contributed by atoms with Crippen molar-refractivity contribution < 1.29 is 14.2 Å². The first kappa shape index (κ1) is 15.8. The lowest BCUT2D eigenvalue weighted by atomic mass is 9.77. The minimum Gasteiger partial charge on any atom is -0.360 e. The van der Waals surface area contributed by atoms with Crippen LogP contribution in [0.3, 0.4) is 0 Å². The number of terminal acetylenes is 1. The van der Waals surface area contributed by atoms with Crippen LogP contribution < -0.4 is 0 Å². The molecule has 2 rings (SSSR count). The second kappa shape index (κ2) is 6.44. The van der Waals surface area contributed by atoms with Crippen LogP contribution in [0, 0.1) is 17.8 Å². The molecule has 3 nitrogen and oxygen atoms in total. The summed E-state index contributed by atoms with van der Waals surface area (Å²) in [7, 11) is 0. The van der Waals surface area contributed by atoms with Crippen molar-refractivity contribution >= 4 is 0 Å². The van der Waals surface area contributed by atoms with E-state index in [0.29, 0.717) is 19.8 Å². The van der Waals surface area contributed by atoms with E-state index in [2.05, 4.69) is 12.5 Å². The Morgan fingerprint density at radius 1 is 1.38 bits per heavy atom. The van der Waals surface area contributed by atoms with Crippen molar-refractivity contribution in [3.8, 4) is 12.3 Å². The minimum atomic E-state index is -0.902. The third-order valence-electron chi connectivity index (χ3n) is 3.95. The summed E-state index contributed by atoms with van der Waals surface area (Å²) >= 11 is 0. The van der Waals surface area contributed by atoms with E-state index in [1.165, 1.54) is 0 Å². The van der Waals surface area contributed by atoms with Crippen molar-refractivity contribution in [1.29, 1.82) is 0 Å². The van der Waals surface area contributed by atoms with Crippen molar-refractivity contribution in [3.05, 3.63) is 48.6 Å². The van der Waals surface area contributed by atoms with Crippen molar-refractivity contribution in [2.75, 3.05) is 13.2 Å². The molecule has 0 saturated carbocycles. The van der Waals surface area contributed by atoms with Gasteiger partial charge in [-0.05, 0) is 11.6 Å². The summed E-state index contributed by atoms with van der Waals surface area (Å²) in [5, 5.41) is 0. The molecule has 21 heavy (non-hydrogen) atoms. The zero-order chi connectivity index (χ0) is 15.3. The van der Waals surface area contributed by atoms with Gasteiger partial charge in [0, 0.05) is 0 Å². The third kappa shape index (κ3) is 3.03. The van der Waals surface area contributed by atoms with Crippen LogP contribution in [0.25, 0.3) is 0 Å². The number of hydrogen-bond acceptors (Lipinski definition) is 3. The predicted molar refractivity (Wildman–Crippen MR) is 82.5 cm³/mol. The predicted octanol–water partition coefficient (Wildman–Crippen LogP) is 3.16. The van der Waals surface area contributed by atoms with Crippen LogP contribution in [-0.2, 0) is 20.8 Å². The Bertz CT molecular complexity index is 507. The average molecular weight is 286 g/mol. The van der Waals surface area contributed by atoms with E-state index in [1.54, 1.807) is 6.08 Å². The fourth-order valence-corrected chi connectivity index (χ4v) is 2.58. The number of hydrogen-bond donors (Lipinski definition) is 0. The van der Waals surface area contributed by atoms with Crippen LogP contribution in [0.2, 0.25) is 0 Å². The zero-order valence-corrected chi connectivity index (χ0v) is 12.7. The largest absolute Gasteiger partial charge is 0.360 e. The highest BCUT2D eigenvalue weighted by Gasteiger charge is 2.52. The molecule has 1 saturated heterocycles. The summed E-state index contributed by atoms with van der Waals surface area (Å²) in [5.74, 6) is 1.82. The SMILES string of the molecule is C#C[C@H](OCc1ccccc1)C(C)(C)C1(C=C)OCCO1. The molecule has 0 unspecified atom stereocenters. The molecule has 0 aliphatic carbocycles. The third-order valence-corrected chi connectivity index (χ3v) is 3.95. The summed E-state index contributed by atoms with van der Waals surface area (Å²) < 4.78 is 17.5. The van der Waals surface area contributed by atoms with Gasteiger partial charge in [0.1, 0.15) is 6.10 Å². The maximum absolute atomic E-state index is 5.94. The molecule has 1 aromatic rings. The topological polar surface area (TPSA) is 27.7 Å². The Morgan fingerprint density at radius 2 is 2.00 bits per heavy atom. The summed E-state index contributed by atoms with van der Waals surface area (Å²) in [5.41, 5.74) is 0.531. The van der Waals surface area contributed by atoms with Crippen molar-refractivity contribution in [2.45, 2.75) is 32.3 Å². The van der Waals surface area contributed by atoms with E-state index < -0.39 is 17.3 Å². The molecular weight excluding hydrogens is 264 g/mol. The average Bonchev–Trinajstić information content (AvgIpc) is 2.99. The molecule has 0 spiro atoms. The molecule has 0 radical (unpaired) electrons. The van der Waals surface area contributed by atoms with E-state index in [4.69, 9.17) is 20.6 Å². The van der Waals surface area contributed by atoms with E-state index >= 15 is 0 Å². The molecule has 1 fully saturated rings. The first-order valence-corrected chi connectivity index (χ1v) is 7.09. The van der Waals surface area contributed by atoms with Crippen LogP contribution >= 0.6 is 0 Å². The van der Waals surface area contributed by atoms with Crippen molar-refractivity contribution in [3.63, 3.8) is 0 Å². The van der Waals surface area contributed by atoms with Gasteiger partial charge in [0.05, 0.1) is 25.2 Å². The lowest BCUT2D eigenvalue weighted by Gasteiger charge is -2.42.